The highest BCUT2D eigenvalue weighted by molar-refractivity contribution is 7.98. The summed E-state index contributed by atoms with van der Waals surface area (Å²) in [6.07, 6.45) is 9.29. The average molecular weight is 378 g/mol. The van der Waals surface area contributed by atoms with E-state index < -0.39 is 0 Å². The smallest absolute Gasteiger partial charge is 0.256 e. The highest BCUT2D eigenvalue weighted by atomic mass is 32.2. The molecular formula is C24H27NOS. The van der Waals surface area contributed by atoms with E-state index in [1.165, 1.54) is 37.7 Å². The van der Waals surface area contributed by atoms with E-state index >= 15 is 0 Å². The van der Waals surface area contributed by atoms with Crippen LogP contribution in [-0.2, 0) is 0 Å². The van der Waals surface area contributed by atoms with E-state index in [0.29, 0.717) is 0 Å². The molecule has 4 saturated carbocycles. The fourth-order valence-corrected chi connectivity index (χ4v) is 6.88. The quantitative estimate of drug-likeness (QED) is 0.643. The van der Waals surface area contributed by atoms with Crippen molar-refractivity contribution in [2.24, 2.45) is 23.7 Å². The van der Waals surface area contributed by atoms with Crippen molar-refractivity contribution < 1.29 is 4.79 Å². The largest absolute Gasteiger partial charge is 0.322 e. The van der Waals surface area contributed by atoms with Gasteiger partial charge in [0.15, 0.2) is 0 Å². The molecule has 140 valence electrons. The van der Waals surface area contributed by atoms with E-state index in [0.717, 1.165) is 45.7 Å². The predicted octanol–water partition coefficient (Wildman–Crippen LogP) is 6.20. The highest BCUT2D eigenvalue weighted by Crippen LogP contribution is 2.59. The third kappa shape index (κ3) is 3.20. The van der Waals surface area contributed by atoms with Crippen molar-refractivity contribution in [2.45, 2.75) is 42.9 Å². The van der Waals surface area contributed by atoms with Crippen LogP contribution in [0.2, 0.25) is 0 Å². The number of hydrogen-bond acceptors (Lipinski definition) is 2. The van der Waals surface area contributed by atoms with Gasteiger partial charge in [-0.15, -0.1) is 11.8 Å². The zero-order chi connectivity index (χ0) is 18.4. The second-order valence-corrected chi connectivity index (χ2v) is 9.58. The van der Waals surface area contributed by atoms with Crippen LogP contribution >= 0.6 is 11.8 Å². The molecule has 0 heterocycles. The van der Waals surface area contributed by atoms with Gasteiger partial charge in [0.05, 0.1) is 5.56 Å². The van der Waals surface area contributed by atoms with Gasteiger partial charge in [0, 0.05) is 10.6 Å². The third-order valence-electron chi connectivity index (χ3n) is 7.13. The monoisotopic (exact) mass is 377 g/mol. The van der Waals surface area contributed by atoms with E-state index in [2.05, 4.69) is 29.6 Å². The zero-order valence-corrected chi connectivity index (χ0v) is 16.7. The minimum absolute atomic E-state index is 0.0256. The van der Waals surface area contributed by atoms with Crippen molar-refractivity contribution in [1.82, 2.24) is 0 Å². The summed E-state index contributed by atoms with van der Waals surface area (Å²) in [7, 11) is 0. The van der Waals surface area contributed by atoms with E-state index in [1.807, 2.05) is 30.5 Å². The first-order valence-corrected chi connectivity index (χ1v) is 11.5. The molecule has 4 aliphatic rings. The Hall–Kier alpha value is -1.74. The molecule has 4 bridgehead atoms. The standard InChI is InChI=1S/C24H27NOS/c1-27-22-5-3-2-4-21(22)24(26)25-20-8-6-17(7-9-20)23-18-11-15-10-16(13-18)14-19(23)12-15/h2-9,15-16,18-19,23H,10-14H2,1H3,(H,25,26). The number of carbonyl (C=O) groups excluding carboxylic acids is 1. The van der Waals surface area contributed by atoms with E-state index in [9.17, 15) is 4.79 Å². The third-order valence-corrected chi connectivity index (χ3v) is 7.93. The minimum Gasteiger partial charge on any atom is -0.322 e. The first kappa shape index (κ1) is 17.4. The second-order valence-electron chi connectivity index (χ2n) is 8.73. The number of thioether (sulfide) groups is 1. The van der Waals surface area contributed by atoms with Crippen molar-refractivity contribution in [2.75, 3.05) is 11.6 Å². The summed E-state index contributed by atoms with van der Waals surface area (Å²) in [6, 6.07) is 16.5. The molecule has 0 spiro atoms. The number of benzene rings is 2. The van der Waals surface area contributed by atoms with Crippen molar-refractivity contribution >= 4 is 23.4 Å². The average Bonchev–Trinajstić information content (AvgIpc) is 2.68. The topological polar surface area (TPSA) is 29.1 Å². The summed E-state index contributed by atoms with van der Waals surface area (Å²) in [5.74, 6) is 4.55. The number of amides is 1. The zero-order valence-electron chi connectivity index (χ0n) is 15.9. The first-order chi connectivity index (χ1) is 13.2. The van der Waals surface area contributed by atoms with Crippen LogP contribution in [0.3, 0.4) is 0 Å². The molecule has 2 aromatic carbocycles. The molecule has 4 aliphatic carbocycles. The Morgan fingerprint density at radius 3 is 2.15 bits per heavy atom. The molecule has 0 radical (unpaired) electrons. The Bertz CT molecular complexity index is 816. The number of hydrogen-bond donors (Lipinski definition) is 1. The van der Waals surface area contributed by atoms with Crippen LogP contribution in [0.25, 0.3) is 0 Å². The van der Waals surface area contributed by atoms with Crippen LogP contribution in [0.1, 0.15) is 53.9 Å². The number of anilines is 1. The van der Waals surface area contributed by atoms with E-state index in [1.54, 1.807) is 11.8 Å². The molecule has 1 amide bonds. The molecule has 0 saturated heterocycles. The van der Waals surface area contributed by atoms with Gasteiger partial charge >= 0.3 is 0 Å². The van der Waals surface area contributed by atoms with Gasteiger partial charge in [0.25, 0.3) is 5.91 Å². The Labute approximate surface area is 166 Å². The lowest BCUT2D eigenvalue weighted by molar-refractivity contribution is -0.00277. The van der Waals surface area contributed by atoms with Gasteiger partial charge in [0.1, 0.15) is 0 Å². The van der Waals surface area contributed by atoms with E-state index in [4.69, 9.17) is 0 Å². The fraction of sp³-hybridized carbons (Fsp3) is 0.458. The minimum atomic E-state index is -0.0256. The van der Waals surface area contributed by atoms with Crippen molar-refractivity contribution in [3.8, 4) is 0 Å². The van der Waals surface area contributed by atoms with Crippen LogP contribution in [0.5, 0.6) is 0 Å². The molecule has 4 fully saturated rings. The second kappa shape index (κ2) is 7.01. The molecule has 0 unspecified atom stereocenters. The van der Waals surface area contributed by atoms with Crippen molar-refractivity contribution in [1.29, 1.82) is 0 Å². The van der Waals surface area contributed by atoms with Crippen LogP contribution in [0.4, 0.5) is 5.69 Å². The lowest BCUT2D eigenvalue weighted by atomic mass is 9.51. The maximum Gasteiger partial charge on any atom is 0.256 e. The van der Waals surface area contributed by atoms with Gasteiger partial charge in [-0.1, -0.05) is 24.3 Å². The lowest BCUT2D eigenvalue weighted by Crippen LogP contribution is -2.43. The molecule has 3 heteroatoms. The summed E-state index contributed by atoms with van der Waals surface area (Å²) in [5, 5.41) is 3.08. The Kier molecular flexibility index (Phi) is 4.51. The van der Waals surface area contributed by atoms with E-state index in [-0.39, 0.29) is 5.91 Å². The predicted molar refractivity (Wildman–Crippen MR) is 112 cm³/mol. The molecule has 6 rings (SSSR count). The summed E-state index contributed by atoms with van der Waals surface area (Å²) < 4.78 is 0. The number of nitrogens with one attached hydrogen (secondary N) is 1. The molecule has 0 aliphatic heterocycles. The molecule has 2 nitrogen and oxygen atoms in total. The first-order valence-electron chi connectivity index (χ1n) is 10.3. The summed E-state index contributed by atoms with van der Waals surface area (Å²) >= 11 is 1.61. The Morgan fingerprint density at radius 1 is 0.889 bits per heavy atom. The molecule has 27 heavy (non-hydrogen) atoms. The van der Waals surface area contributed by atoms with Crippen LogP contribution in [0.15, 0.2) is 53.4 Å². The van der Waals surface area contributed by atoms with Gasteiger partial charge in [-0.05, 0) is 97.8 Å². The van der Waals surface area contributed by atoms with Gasteiger partial charge in [-0.25, -0.2) is 0 Å². The normalized spacial score (nSPS) is 31.1. The summed E-state index contributed by atoms with van der Waals surface area (Å²) in [4.78, 5) is 13.7. The highest BCUT2D eigenvalue weighted by Gasteiger charge is 2.48. The van der Waals surface area contributed by atoms with Gasteiger partial charge in [-0.3, -0.25) is 4.79 Å². The summed E-state index contributed by atoms with van der Waals surface area (Å²) in [5.41, 5.74) is 3.13. The van der Waals surface area contributed by atoms with Gasteiger partial charge in [0.2, 0.25) is 0 Å². The van der Waals surface area contributed by atoms with Crippen LogP contribution in [0, 0.1) is 23.7 Å². The Balaban J connectivity index is 1.31. The molecular weight excluding hydrogens is 350 g/mol. The molecule has 0 aromatic heterocycles. The SMILES string of the molecule is CSc1ccccc1C(=O)Nc1ccc(C2C3CC4CC(C3)CC2C4)cc1. The maximum absolute atomic E-state index is 12.7. The fourth-order valence-electron chi connectivity index (χ4n) is 6.29. The van der Waals surface area contributed by atoms with Crippen LogP contribution in [-0.4, -0.2) is 12.2 Å². The van der Waals surface area contributed by atoms with Crippen molar-refractivity contribution in [3.63, 3.8) is 0 Å². The Morgan fingerprint density at radius 2 is 1.52 bits per heavy atom. The summed E-state index contributed by atoms with van der Waals surface area (Å²) in [6.45, 7) is 0. The van der Waals surface area contributed by atoms with Crippen LogP contribution < -0.4 is 5.32 Å². The molecule has 1 N–H and O–H groups in total. The van der Waals surface area contributed by atoms with Crippen molar-refractivity contribution in [3.05, 3.63) is 59.7 Å². The molecule has 2 aromatic rings. The number of carbonyl (C=O) groups is 1. The maximum atomic E-state index is 12.7. The lowest BCUT2D eigenvalue weighted by Gasteiger charge is -2.54. The molecule has 0 atom stereocenters. The number of rotatable bonds is 4. The van der Waals surface area contributed by atoms with Gasteiger partial charge < -0.3 is 5.32 Å². The van der Waals surface area contributed by atoms with Gasteiger partial charge in [-0.2, -0.15) is 0 Å².